The summed E-state index contributed by atoms with van der Waals surface area (Å²) in [4.78, 5) is 0. The number of nitrogens with zero attached hydrogens (tertiary/aromatic N) is 4. The zero-order valence-electron chi connectivity index (χ0n) is 15.5. The van der Waals surface area contributed by atoms with Gasteiger partial charge in [-0.1, -0.05) is 26.7 Å². The lowest BCUT2D eigenvalue weighted by Crippen LogP contribution is -3.00. The van der Waals surface area contributed by atoms with E-state index in [0.29, 0.717) is 0 Å². The van der Waals surface area contributed by atoms with Gasteiger partial charge in [-0.25, -0.2) is 18.3 Å². The average molecular weight is 375 g/mol. The molecule has 0 unspecified atom stereocenters. The van der Waals surface area contributed by atoms with Crippen LogP contribution in [-0.4, -0.2) is 9.13 Å². The Hall–Kier alpha value is -1.000. The van der Waals surface area contributed by atoms with Gasteiger partial charge in [-0.05, 0) is 12.8 Å². The SMILES string of the molecule is CCCCc1n(CCn2cc[n+](C)c2CCCC)cc[n+]1C.[Cl-].[Cl-]. The van der Waals surface area contributed by atoms with E-state index >= 15 is 0 Å². The Bertz CT molecular complexity index is 538. The summed E-state index contributed by atoms with van der Waals surface area (Å²) in [6.45, 7) is 6.61. The van der Waals surface area contributed by atoms with E-state index in [1.807, 2.05) is 0 Å². The lowest BCUT2D eigenvalue weighted by atomic mass is 10.2. The van der Waals surface area contributed by atoms with Crippen molar-refractivity contribution in [1.82, 2.24) is 9.13 Å². The Morgan fingerprint density at radius 1 is 0.750 bits per heavy atom. The molecule has 0 aliphatic carbocycles. The molecule has 2 aromatic rings. The molecule has 0 saturated heterocycles. The van der Waals surface area contributed by atoms with Gasteiger partial charge in [-0.2, -0.15) is 0 Å². The van der Waals surface area contributed by atoms with Crippen LogP contribution in [0.3, 0.4) is 0 Å². The van der Waals surface area contributed by atoms with Gasteiger partial charge in [0.25, 0.3) is 11.6 Å². The van der Waals surface area contributed by atoms with Gasteiger partial charge in [0.2, 0.25) is 0 Å². The summed E-state index contributed by atoms with van der Waals surface area (Å²) < 4.78 is 9.37. The van der Waals surface area contributed by atoms with Crippen molar-refractivity contribution in [2.24, 2.45) is 14.1 Å². The standard InChI is InChI=1S/C18H32N4.2ClH/c1-5-7-9-17-19(3)11-13-21(17)15-16-22-14-12-20(4)18(22)10-8-6-2;;/h11-14H,5-10,15-16H2,1-4H3;2*1H/q+2;;/p-2. The van der Waals surface area contributed by atoms with Crippen LogP contribution in [0.25, 0.3) is 0 Å². The molecular formula is C18H32Cl2N4. The molecular weight excluding hydrogens is 343 g/mol. The van der Waals surface area contributed by atoms with Gasteiger partial charge in [0.1, 0.15) is 37.9 Å². The number of rotatable bonds is 9. The van der Waals surface area contributed by atoms with Gasteiger partial charge in [0, 0.05) is 12.8 Å². The van der Waals surface area contributed by atoms with Crippen LogP contribution in [0, 0.1) is 0 Å². The van der Waals surface area contributed by atoms with Gasteiger partial charge in [0.05, 0.1) is 14.1 Å². The van der Waals surface area contributed by atoms with E-state index in [1.165, 1.54) is 50.2 Å². The summed E-state index contributed by atoms with van der Waals surface area (Å²) in [5, 5.41) is 0. The Balaban J connectivity index is 0.00000264. The molecule has 0 amide bonds. The Kier molecular flexibility index (Phi) is 11.1. The zero-order valence-corrected chi connectivity index (χ0v) is 17.0. The Morgan fingerprint density at radius 2 is 1.12 bits per heavy atom. The highest BCUT2D eigenvalue weighted by Gasteiger charge is 2.17. The van der Waals surface area contributed by atoms with Gasteiger partial charge in [-0.15, -0.1) is 0 Å². The molecule has 2 rings (SSSR count). The normalized spacial score (nSPS) is 10.3. The van der Waals surface area contributed by atoms with E-state index in [9.17, 15) is 0 Å². The lowest BCUT2D eigenvalue weighted by molar-refractivity contribution is -0.679. The van der Waals surface area contributed by atoms with E-state index in [4.69, 9.17) is 0 Å². The molecule has 0 aliphatic heterocycles. The van der Waals surface area contributed by atoms with E-state index in [0.717, 1.165) is 13.1 Å². The maximum atomic E-state index is 2.42. The minimum atomic E-state index is 0. The molecule has 6 heteroatoms. The molecule has 0 N–H and O–H groups in total. The predicted molar refractivity (Wildman–Crippen MR) is 88.4 cm³/mol. The Morgan fingerprint density at radius 3 is 1.46 bits per heavy atom. The fourth-order valence-corrected chi connectivity index (χ4v) is 3.04. The van der Waals surface area contributed by atoms with Crippen molar-refractivity contribution in [3.8, 4) is 0 Å². The monoisotopic (exact) mass is 374 g/mol. The average Bonchev–Trinajstić information content (AvgIpc) is 3.04. The molecule has 0 fully saturated rings. The van der Waals surface area contributed by atoms with Crippen molar-refractivity contribution in [3.63, 3.8) is 0 Å². The second-order valence-electron chi connectivity index (χ2n) is 6.24. The summed E-state index contributed by atoms with van der Waals surface area (Å²) in [7, 11) is 4.31. The third-order valence-electron chi connectivity index (χ3n) is 4.51. The number of aryl methyl sites for hydroxylation is 4. The molecule has 0 atom stereocenters. The second-order valence-corrected chi connectivity index (χ2v) is 6.24. The molecule has 138 valence electrons. The van der Waals surface area contributed by atoms with Crippen molar-refractivity contribution in [2.75, 3.05) is 0 Å². The van der Waals surface area contributed by atoms with Crippen molar-refractivity contribution in [2.45, 2.75) is 65.5 Å². The topological polar surface area (TPSA) is 17.6 Å². The van der Waals surface area contributed by atoms with Gasteiger partial charge >= 0.3 is 0 Å². The molecule has 0 aliphatic rings. The van der Waals surface area contributed by atoms with E-state index < -0.39 is 0 Å². The summed E-state index contributed by atoms with van der Waals surface area (Å²) in [6, 6.07) is 0. The summed E-state index contributed by atoms with van der Waals surface area (Å²) in [5.41, 5.74) is 0. The predicted octanol–water partition coefficient (Wildman–Crippen LogP) is -3.67. The van der Waals surface area contributed by atoms with Crippen LogP contribution in [0.1, 0.15) is 51.2 Å². The molecule has 0 radical (unpaired) electrons. The number of hydrogen-bond acceptors (Lipinski definition) is 0. The quantitative estimate of drug-likeness (QED) is 0.402. The Labute approximate surface area is 159 Å². The molecule has 0 bridgehead atoms. The molecule has 0 saturated carbocycles. The first-order valence-corrected chi connectivity index (χ1v) is 8.74. The molecule has 2 aromatic heterocycles. The largest absolute Gasteiger partial charge is 1.00 e. The van der Waals surface area contributed by atoms with E-state index in [1.54, 1.807) is 0 Å². The summed E-state index contributed by atoms with van der Waals surface area (Å²) in [6.07, 6.45) is 16.2. The van der Waals surface area contributed by atoms with Crippen LogP contribution in [0.2, 0.25) is 0 Å². The number of aromatic nitrogens is 4. The first kappa shape index (κ1) is 23.0. The fourth-order valence-electron chi connectivity index (χ4n) is 3.04. The van der Waals surface area contributed by atoms with Crippen molar-refractivity contribution in [3.05, 3.63) is 36.4 Å². The molecule has 0 spiro atoms. The van der Waals surface area contributed by atoms with E-state index in [2.05, 4.69) is 71.0 Å². The summed E-state index contributed by atoms with van der Waals surface area (Å²) >= 11 is 0. The lowest BCUT2D eigenvalue weighted by Gasteiger charge is -2.04. The highest BCUT2D eigenvalue weighted by Crippen LogP contribution is 2.05. The highest BCUT2D eigenvalue weighted by molar-refractivity contribution is 4.87. The van der Waals surface area contributed by atoms with Crippen molar-refractivity contribution in [1.29, 1.82) is 0 Å². The third kappa shape index (κ3) is 5.82. The number of halogens is 2. The van der Waals surface area contributed by atoms with Crippen molar-refractivity contribution >= 4 is 0 Å². The molecule has 24 heavy (non-hydrogen) atoms. The second kappa shape index (κ2) is 11.5. The van der Waals surface area contributed by atoms with Gasteiger partial charge in [-0.3, -0.25) is 0 Å². The number of unbranched alkanes of at least 4 members (excludes halogenated alkanes) is 2. The molecule has 4 nitrogen and oxygen atoms in total. The molecule has 0 aromatic carbocycles. The minimum Gasteiger partial charge on any atom is -1.00 e. The van der Waals surface area contributed by atoms with Crippen molar-refractivity contribution < 1.29 is 33.9 Å². The van der Waals surface area contributed by atoms with Crippen LogP contribution in [-0.2, 0) is 40.0 Å². The number of imidazole rings is 2. The number of hydrogen-bond donors (Lipinski definition) is 0. The zero-order chi connectivity index (χ0) is 15.9. The molecule has 2 heterocycles. The smallest absolute Gasteiger partial charge is 0.256 e. The van der Waals surface area contributed by atoms with Crippen LogP contribution in [0.15, 0.2) is 24.8 Å². The van der Waals surface area contributed by atoms with Gasteiger partial charge in [0.15, 0.2) is 0 Å². The third-order valence-corrected chi connectivity index (χ3v) is 4.51. The fraction of sp³-hybridized carbons (Fsp3) is 0.667. The van der Waals surface area contributed by atoms with Gasteiger partial charge < -0.3 is 24.8 Å². The van der Waals surface area contributed by atoms with E-state index in [-0.39, 0.29) is 24.8 Å². The highest BCUT2D eigenvalue weighted by atomic mass is 35.5. The minimum absolute atomic E-state index is 0. The van der Waals surface area contributed by atoms with Crippen LogP contribution >= 0.6 is 0 Å². The maximum absolute atomic E-state index is 2.42. The first-order valence-electron chi connectivity index (χ1n) is 8.74. The van der Waals surface area contributed by atoms with Crippen LogP contribution in [0.4, 0.5) is 0 Å². The summed E-state index contributed by atoms with van der Waals surface area (Å²) in [5.74, 6) is 2.88. The van der Waals surface area contributed by atoms with Crippen LogP contribution < -0.4 is 33.9 Å². The maximum Gasteiger partial charge on any atom is 0.256 e. The van der Waals surface area contributed by atoms with Crippen LogP contribution in [0.5, 0.6) is 0 Å². The first-order chi connectivity index (χ1) is 10.7.